The maximum atomic E-state index is 12.0. The van der Waals surface area contributed by atoms with Crippen molar-refractivity contribution in [2.45, 2.75) is 26.3 Å². The lowest BCUT2D eigenvalue weighted by Gasteiger charge is -2.27. The van der Waals surface area contributed by atoms with Gasteiger partial charge in [0.2, 0.25) is 0 Å². The van der Waals surface area contributed by atoms with Gasteiger partial charge in [0.05, 0.1) is 5.69 Å². The molecule has 0 spiro atoms. The van der Waals surface area contributed by atoms with E-state index in [-0.39, 0.29) is 5.91 Å². The first kappa shape index (κ1) is 14.7. The summed E-state index contributed by atoms with van der Waals surface area (Å²) in [6.07, 6.45) is 3.65. The minimum atomic E-state index is -0.357. The molecule has 1 amide bonds. The molecule has 22 heavy (non-hydrogen) atoms. The van der Waals surface area contributed by atoms with Gasteiger partial charge in [0, 0.05) is 31.3 Å². The molecule has 1 aliphatic heterocycles. The number of hydrogen-bond acceptors (Lipinski definition) is 5. The Kier molecular flexibility index (Phi) is 4.17. The molecular weight excluding hydrogens is 280 g/mol. The van der Waals surface area contributed by atoms with Crippen molar-refractivity contribution in [2.24, 2.45) is 5.84 Å². The summed E-state index contributed by atoms with van der Waals surface area (Å²) in [7, 11) is 0. The van der Waals surface area contributed by atoms with Crippen LogP contribution in [0.1, 0.15) is 35.1 Å². The summed E-state index contributed by atoms with van der Waals surface area (Å²) < 4.78 is 1.77. The van der Waals surface area contributed by atoms with Crippen LogP contribution in [0.15, 0.2) is 24.4 Å². The normalized spacial score (nSPS) is 14.6. The molecule has 3 heterocycles. The van der Waals surface area contributed by atoms with Gasteiger partial charge in [-0.2, -0.15) is 5.10 Å². The Labute approximate surface area is 129 Å². The summed E-state index contributed by atoms with van der Waals surface area (Å²) in [4.78, 5) is 18.7. The van der Waals surface area contributed by atoms with Gasteiger partial charge in [-0.3, -0.25) is 15.1 Å². The molecule has 2 aromatic heterocycles. The average Bonchev–Trinajstić information content (AvgIpc) is 2.94. The summed E-state index contributed by atoms with van der Waals surface area (Å²) in [5.74, 6) is 5.66. The van der Waals surface area contributed by atoms with E-state index in [9.17, 15) is 4.79 Å². The van der Waals surface area contributed by atoms with E-state index in [4.69, 9.17) is 5.84 Å². The summed E-state index contributed by atoms with van der Waals surface area (Å²) in [6, 6.07) is 5.65. The number of nitrogens with two attached hydrogens (primary N) is 1. The Morgan fingerprint density at radius 1 is 1.45 bits per heavy atom. The van der Waals surface area contributed by atoms with E-state index >= 15 is 0 Å². The first-order chi connectivity index (χ1) is 10.7. The third kappa shape index (κ3) is 2.60. The lowest BCUT2D eigenvalue weighted by atomic mass is 10.0. The van der Waals surface area contributed by atoms with E-state index < -0.39 is 0 Å². The van der Waals surface area contributed by atoms with Gasteiger partial charge in [-0.05, 0) is 25.1 Å². The highest BCUT2D eigenvalue weighted by molar-refractivity contribution is 5.93. The second-order valence-corrected chi connectivity index (χ2v) is 5.37. The standard InChI is InChI=1S/C15H20N6O/c1-2-8-20-9-6-12-11(10-20)14(15(22)18-16)19-21(12)13-5-3-4-7-17-13/h3-5,7H,2,6,8-10,16H2,1H3,(H,18,22). The van der Waals surface area contributed by atoms with Crippen LogP contribution in [0.5, 0.6) is 0 Å². The Morgan fingerprint density at radius 2 is 2.32 bits per heavy atom. The number of aromatic nitrogens is 3. The molecule has 0 saturated carbocycles. The van der Waals surface area contributed by atoms with Crippen LogP contribution in [0.3, 0.4) is 0 Å². The Balaban J connectivity index is 2.05. The lowest BCUT2D eigenvalue weighted by molar-refractivity contribution is 0.0946. The topological polar surface area (TPSA) is 89.1 Å². The first-order valence-electron chi connectivity index (χ1n) is 7.50. The summed E-state index contributed by atoms with van der Waals surface area (Å²) in [5, 5.41) is 4.46. The van der Waals surface area contributed by atoms with E-state index in [0.29, 0.717) is 5.69 Å². The van der Waals surface area contributed by atoms with Crippen molar-refractivity contribution in [3.05, 3.63) is 41.3 Å². The van der Waals surface area contributed by atoms with E-state index in [1.165, 1.54) is 0 Å². The highest BCUT2D eigenvalue weighted by atomic mass is 16.2. The van der Waals surface area contributed by atoms with Crippen LogP contribution in [0, 0.1) is 0 Å². The molecule has 0 fully saturated rings. The zero-order valence-electron chi connectivity index (χ0n) is 12.6. The molecule has 2 aromatic rings. The van der Waals surface area contributed by atoms with Crippen LogP contribution in [-0.4, -0.2) is 38.7 Å². The molecule has 0 atom stereocenters. The van der Waals surface area contributed by atoms with Crippen molar-refractivity contribution in [2.75, 3.05) is 13.1 Å². The molecule has 116 valence electrons. The number of carbonyl (C=O) groups is 1. The number of hydrogen-bond donors (Lipinski definition) is 2. The highest BCUT2D eigenvalue weighted by Crippen LogP contribution is 2.24. The maximum Gasteiger partial charge on any atom is 0.286 e. The van der Waals surface area contributed by atoms with Gasteiger partial charge in [0.1, 0.15) is 0 Å². The molecule has 3 rings (SSSR count). The van der Waals surface area contributed by atoms with Gasteiger partial charge >= 0.3 is 0 Å². The predicted octanol–water partition coefficient (Wildman–Crippen LogP) is 0.639. The zero-order chi connectivity index (χ0) is 15.5. The minimum absolute atomic E-state index is 0.357. The van der Waals surface area contributed by atoms with Crippen LogP contribution in [0.2, 0.25) is 0 Å². The SMILES string of the molecule is CCCN1CCc2c(c(C(=O)NN)nn2-c2ccccn2)C1. The molecule has 0 unspecified atom stereocenters. The molecular formula is C15H20N6O. The summed E-state index contributed by atoms with van der Waals surface area (Å²) in [5.41, 5.74) is 4.58. The van der Waals surface area contributed by atoms with Crippen molar-refractivity contribution < 1.29 is 4.79 Å². The van der Waals surface area contributed by atoms with Crippen molar-refractivity contribution in [1.82, 2.24) is 25.1 Å². The number of amides is 1. The fraction of sp³-hybridized carbons (Fsp3) is 0.400. The maximum absolute atomic E-state index is 12.0. The van der Waals surface area contributed by atoms with Crippen LogP contribution >= 0.6 is 0 Å². The van der Waals surface area contributed by atoms with E-state index in [1.807, 2.05) is 18.2 Å². The molecule has 1 aliphatic rings. The lowest BCUT2D eigenvalue weighted by Crippen LogP contribution is -2.34. The molecule has 7 heteroatoms. The second kappa shape index (κ2) is 6.25. The Bertz CT molecular complexity index is 666. The Morgan fingerprint density at radius 3 is 3.00 bits per heavy atom. The monoisotopic (exact) mass is 300 g/mol. The van der Waals surface area contributed by atoms with E-state index in [0.717, 1.165) is 49.6 Å². The quantitative estimate of drug-likeness (QED) is 0.491. The van der Waals surface area contributed by atoms with E-state index in [1.54, 1.807) is 10.9 Å². The number of rotatable bonds is 4. The molecule has 0 radical (unpaired) electrons. The van der Waals surface area contributed by atoms with Crippen molar-refractivity contribution >= 4 is 5.91 Å². The molecule has 0 saturated heterocycles. The number of nitrogen functional groups attached to an aromatic ring is 1. The largest absolute Gasteiger partial charge is 0.299 e. The van der Waals surface area contributed by atoms with Crippen molar-refractivity contribution in [3.8, 4) is 5.82 Å². The minimum Gasteiger partial charge on any atom is -0.299 e. The molecule has 0 bridgehead atoms. The molecule has 7 nitrogen and oxygen atoms in total. The van der Waals surface area contributed by atoms with E-state index in [2.05, 4.69) is 27.3 Å². The van der Waals surface area contributed by atoms with Gasteiger partial charge in [0.15, 0.2) is 11.5 Å². The number of hydrazine groups is 1. The van der Waals surface area contributed by atoms with Crippen molar-refractivity contribution in [3.63, 3.8) is 0 Å². The third-order valence-corrected chi connectivity index (χ3v) is 3.89. The van der Waals surface area contributed by atoms with Crippen molar-refractivity contribution in [1.29, 1.82) is 0 Å². The van der Waals surface area contributed by atoms with Gasteiger partial charge in [-0.15, -0.1) is 0 Å². The molecule has 3 N–H and O–H groups in total. The van der Waals surface area contributed by atoms with Gasteiger partial charge < -0.3 is 0 Å². The average molecular weight is 300 g/mol. The number of fused-ring (bicyclic) bond motifs is 1. The zero-order valence-corrected chi connectivity index (χ0v) is 12.6. The van der Waals surface area contributed by atoms with Crippen LogP contribution in [-0.2, 0) is 13.0 Å². The van der Waals surface area contributed by atoms with Gasteiger partial charge in [-0.25, -0.2) is 15.5 Å². The molecule has 0 aromatic carbocycles. The Hall–Kier alpha value is -2.25. The smallest absolute Gasteiger partial charge is 0.286 e. The van der Waals surface area contributed by atoms with Crippen LogP contribution in [0.25, 0.3) is 5.82 Å². The highest BCUT2D eigenvalue weighted by Gasteiger charge is 2.28. The summed E-state index contributed by atoms with van der Waals surface area (Å²) in [6.45, 7) is 4.85. The summed E-state index contributed by atoms with van der Waals surface area (Å²) >= 11 is 0. The number of nitrogens with one attached hydrogen (secondary N) is 1. The van der Waals surface area contributed by atoms with Gasteiger partial charge in [0.25, 0.3) is 5.91 Å². The second-order valence-electron chi connectivity index (χ2n) is 5.37. The fourth-order valence-corrected chi connectivity index (χ4v) is 2.90. The van der Waals surface area contributed by atoms with Crippen LogP contribution in [0.4, 0.5) is 0 Å². The number of carbonyl (C=O) groups excluding carboxylic acids is 1. The predicted molar refractivity (Wildman–Crippen MR) is 82.3 cm³/mol. The van der Waals surface area contributed by atoms with Gasteiger partial charge in [-0.1, -0.05) is 13.0 Å². The third-order valence-electron chi connectivity index (χ3n) is 3.89. The van der Waals surface area contributed by atoms with Crippen LogP contribution < -0.4 is 11.3 Å². The fourth-order valence-electron chi connectivity index (χ4n) is 2.90. The molecule has 0 aliphatic carbocycles. The number of nitrogens with zero attached hydrogens (tertiary/aromatic N) is 4. The number of pyridine rings is 1. The first-order valence-corrected chi connectivity index (χ1v) is 7.50.